The smallest absolute Gasteiger partial charge is 0.262 e. The summed E-state index contributed by atoms with van der Waals surface area (Å²) in [5.74, 6) is 0.944. The molecule has 0 N–H and O–H groups in total. The maximum Gasteiger partial charge on any atom is 0.262 e. The number of sulfonamides is 1. The van der Waals surface area contributed by atoms with E-state index in [1.165, 1.54) is 4.80 Å². The molecule has 1 aliphatic heterocycles. The summed E-state index contributed by atoms with van der Waals surface area (Å²) in [5.41, 5.74) is 0. The van der Waals surface area contributed by atoms with Crippen LogP contribution in [0.3, 0.4) is 0 Å². The van der Waals surface area contributed by atoms with Gasteiger partial charge in [-0.1, -0.05) is 13.8 Å². The van der Waals surface area contributed by atoms with E-state index in [2.05, 4.69) is 15.2 Å². The van der Waals surface area contributed by atoms with Crippen LogP contribution in [0.5, 0.6) is 0 Å². The Balaban J connectivity index is 1.87. The third kappa shape index (κ3) is 3.02. The Hall–Kier alpha value is -1.74. The van der Waals surface area contributed by atoms with Gasteiger partial charge in [0.05, 0.1) is 18.9 Å². The highest BCUT2D eigenvalue weighted by molar-refractivity contribution is 7.89. The summed E-state index contributed by atoms with van der Waals surface area (Å²) in [5, 5.41) is 8.28. The van der Waals surface area contributed by atoms with Gasteiger partial charge in [-0.15, -0.1) is 0 Å². The van der Waals surface area contributed by atoms with Crippen LogP contribution < -0.4 is 0 Å². The quantitative estimate of drug-likeness (QED) is 0.811. The van der Waals surface area contributed by atoms with Gasteiger partial charge in [0.2, 0.25) is 0 Å². The average molecular weight is 338 g/mol. The van der Waals surface area contributed by atoms with Gasteiger partial charge in [0.25, 0.3) is 10.0 Å². The molecule has 0 bridgehead atoms. The monoisotopic (exact) mass is 338 g/mol. The molecular weight excluding hydrogens is 316 g/mol. The Kier molecular flexibility index (Phi) is 4.24. The van der Waals surface area contributed by atoms with Gasteiger partial charge < -0.3 is 4.57 Å². The van der Waals surface area contributed by atoms with Gasteiger partial charge in [0.15, 0.2) is 5.03 Å². The minimum absolute atomic E-state index is 0.128. The molecule has 126 valence electrons. The third-order valence-corrected chi connectivity index (χ3v) is 5.97. The van der Waals surface area contributed by atoms with Gasteiger partial charge in [-0.05, 0) is 12.8 Å². The van der Waals surface area contributed by atoms with Gasteiger partial charge in [-0.25, -0.2) is 13.4 Å². The van der Waals surface area contributed by atoms with E-state index in [4.69, 9.17) is 0 Å². The Labute approximate surface area is 136 Å². The third-order valence-electron chi connectivity index (χ3n) is 4.14. The molecule has 2 aromatic rings. The summed E-state index contributed by atoms with van der Waals surface area (Å²) < 4.78 is 29.3. The van der Waals surface area contributed by atoms with Crippen molar-refractivity contribution in [2.75, 3.05) is 6.54 Å². The average Bonchev–Trinajstić information content (AvgIpc) is 3.19. The van der Waals surface area contributed by atoms with Crippen LogP contribution in [0.15, 0.2) is 23.6 Å². The second-order valence-electron chi connectivity index (χ2n) is 6.20. The molecule has 0 aromatic carbocycles. The molecule has 23 heavy (non-hydrogen) atoms. The van der Waals surface area contributed by atoms with E-state index in [1.807, 2.05) is 20.9 Å². The highest BCUT2D eigenvalue weighted by atomic mass is 32.2. The molecule has 1 fully saturated rings. The van der Waals surface area contributed by atoms with Crippen molar-refractivity contribution in [3.8, 4) is 0 Å². The van der Waals surface area contributed by atoms with Crippen molar-refractivity contribution in [3.05, 3.63) is 24.4 Å². The van der Waals surface area contributed by atoms with Crippen molar-refractivity contribution in [1.29, 1.82) is 0 Å². The van der Waals surface area contributed by atoms with E-state index in [-0.39, 0.29) is 17.0 Å². The van der Waals surface area contributed by atoms with Gasteiger partial charge in [0.1, 0.15) is 5.82 Å². The van der Waals surface area contributed by atoms with E-state index in [1.54, 1.807) is 27.5 Å². The number of imidazole rings is 1. The minimum Gasteiger partial charge on any atom is -0.336 e. The van der Waals surface area contributed by atoms with Gasteiger partial charge in [-0.3, -0.25) is 0 Å². The zero-order valence-electron chi connectivity index (χ0n) is 13.6. The molecule has 9 heteroatoms. The number of aryl methyl sites for hydroxylation is 1. The lowest BCUT2D eigenvalue weighted by atomic mass is 10.2. The van der Waals surface area contributed by atoms with Crippen LogP contribution in [-0.4, -0.2) is 49.9 Å². The first-order chi connectivity index (χ1) is 10.9. The maximum atomic E-state index is 13.0. The molecule has 0 saturated carbocycles. The second-order valence-corrected chi connectivity index (χ2v) is 8.04. The van der Waals surface area contributed by atoms with E-state index in [9.17, 15) is 8.42 Å². The normalized spacial score (nSPS) is 19.7. The van der Waals surface area contributed by atoms with Gasteiger partial charge in [-0.2, -0.15) is 19.3 Å². The van der Waals surface area contributed by atoms with Crippen LogP contribution >= 0.6 is 0 Å². The van der Waals surface area contributed by atoms with Gasteiger partial charge >= 0.3 is 0 Å². The molecule has 1 atom stereocenters. The van der Waals surface area contributed by atoms with Crippen molar-refractivity contribution >= 4 is 10.0 Å². The molecule has 1 unspecified atom stereocenters. The highest BCUT2D eigenvalue weighted by Gasteiger charge is 2.37. The molecule has 0 amide bonds. The molecule has 0 radical (unpaired) electrons. The van der Waals surface area contributed by atoms with Gasteiger partial charge in [0, 0.05) is 31.7 Å². The Morgan fingerprint density at radius 2 is 2.00 bits per heavy atom. The Morgan fingerprint density at radius 1 is 1.30 bits per heavy atom. The number of nitrogens with zero attached hydrogens (tertiary/aromatic N) is 6. The summed E-state index contributed by atoms with van der Waals surface area (Å²) in [6.07, 6.45) is 6.45. The molecule has 3 heterocycles. The lowest BCUT2D eigenvalue weighted by molar-refractivity contribution is 0.325. The SMILES string of the molecule is CC(C)c1nc(S(=O)(=O)N2CCCC2Cn2nccn2)cn1C. The molecule has 3 rings (SSSR count). The van der Waals surface area contributed by atoms with Crippen LogP contribution in [0.2, 0.25) is 0 Å². The summed E-state index contributed by atoms with van der Waals surface area (Å²) in [7, 11) is -1.76. The molecular formula is C14H22N6O2S. The first-order valence-electron chi connectivity index (χ1n) is 7.79. The number of rotatable bonds is 5. The fourth-order valence-corrected chi connectivity index (χ4v) is 4.74. The van der Waals surface area contributed by atoms with Crippen LogP contribution in [0.1, 0.15) is 38.4 Å². The van der Waals surface area contributed by atoms with Crippen LogP contribution in [0.4, 0.5) is 0 Å². The van der Waals surface area contributed by atoms with E-state index in [0.29, 0.717) is 13.1 Å². The van der Waals surface area contributed by atoms with Crippen molar-refractivity contribution in [3.63, 3.8) is 0 Å². The summed E-state index contributed by atoms with van der Waals surface area (Å²) in [4.78, 5) is 5.89. The summed E-state index contributed by atoms with van der Waals surface area (Å²) in [6.45, 7) is 4.99. The van der Waals surface area contributed by atoms with Crippen LogP contribution in [0.25, 0.3) is 0 Å². The van der Waals surface area contributed by atoms with Crippen molar-refractivity contribution in [2.24, 2.45) is 7.05 Å². The largest absolute Gasteiger partial charge is 0.336 e. The zero-order valence-corrected chi connectivity index (χ0v) is 14.4. The standard InChI is InChI=1S/C14H22N6O2S/c1-11(2)14-17-13(10-18(14)3)23(21,22)19-8-4-5-12(19)9-20-15-6-7-16-20/h6-7,10-12H,4-5,8-9H2,1-3H3. The molecule has 2 aromatic heterocycles. The van der Waals surface area contributed by atoms with Crippen molar-refractivity contribution in [1.82, 2.24) is 28.9 Å². The molecule has 0 aliphatic carbocycles. The van der Waals surface area contributed by atoms with E-state index >= 15 is 0 Å². The molecule has 1 saturated heterocycles. The second kappa shape index (κ2) is 6.04. The fraction of sp³-hybridized carbons (Fsp3) is 0.643. The summed E-state index contributed by atoms with van der Waals surface area (Å²) >= 11 is 0. The predicted octanol–water partition coefficient (Wildman–Crippen LogP) is 0.988. The molecule has 8 nitrogen and oxygen atoms in total. The van der Waals surface area contributed by atoms with Crippen LogP contribution in [0, 0.1) is 0 Å². The molecule has 0 spiro atoms. The number of aromatic nitrogens is 5. The minimum atomic E-state index is -3.59. The molecule has 1 aliphatic rings. The topological polar surface area (TPSA) is 85.9 Å². The lowest BCUT2D eigenvalue weighted by Gasteiger charge is -2.22. The van der Waals surface area contributed by atoms with Crippen molar-refractivity contribution < 1.29 is 8.42 Å². The fourth-order valence-electron chi connectivity index (χ4n) is 3.07. The van der Waals surface area contributed by atoms with Crippen LogP contribution in [-0.2, 0) is 23.6 Å². The van der Waals surface area contributed by atoms with E-state index in [0.717, 1.165) is 18.7 Å². The Bertz CT molecular complexity index is 765. The number of hydrogen-bond acceptors (Lipinski definition) is 5. The highest BCUT2D eigenvalue weighted by Crippen LogP contribution is 2.27. The number of hydrogen-bond donors (Lipinski definition) is 0. The van der Waals surface area contributed by atoms with Crippen molar-refractivity contribution in [2.45, 2.75) is 50.2 Å². The first-order valence-corrected chi connectivity index (χ1v) is 9.23. The Morgan fingerprint density at radius 3 is 2.61 bits per heavy atom. The maximum absolute atomic E-state index is 13.0. The predicted molar refractivity (Wildman–Crippen MR) is 84.2 cm³/mol. The lowest BCUT2D eigenvalue weighted by Crippen LogP contribution is -2.38. The van der Waals surface area contributed by atoms with E-state index < -0.39 is 10.0 Å². The summed E-state index contributed by atoms with van der Waals surface area (Å²) in [6, 6.07) is -0.128. The zero-order chi connectivity index (χ0) is 16.6. The first kappa shape index (κ1) is 16.1.